The molecule has 2 heterocycles. The first-order valence-electron chi connectivity index (χ1n) is 11.2. The molecule has 0 bridgehead atoms. The van der Waals surface area contributed by atoms with Gasteiger partial charge < -0.3 is 15.0 Å². The predicted octanol–water partition coefficient (Wildman–Crippen LogP) is 4.44. The summed E-state index contributed by atoms with van der Waals surface area (Å²) in [5.74, 6) is -1.11. The number of carbonyl (C=O) groups is 3. The van der Waals surface area contributed by atoms with Gasteiger partial charge in [-0.05, 0) is 79.3 Å². The highest BCUT2D eigenvalue weighted by molar-refractivity contribution is 7.80. The number of esters is 1. The van der Waals surface area contributed by atoms with Gasteiger partial charge in [0.1, 0.15) is 6.04 Å². The Morgan fingerprint density at radius 3 is 2.47 bits per heavy atom. The van der Waals surface area contributed by atoms with Crippen LogP contribution in [0.5, 0.6) is 0 Å². The number of halogens is 1. The second-order valence-electron chi connectivity index (χ2n) is 7.99. The first kappa shape index (κ1) is 25.3. The van der Waals surface area contributed by atoms with Gasteiger partial charge in [0.15, 0.2) is 5.11 Å². The zero-order valence-corrected chi connectivity index (χ0v) is 21.0. The topological polar surface area (TPSA) is 91.8 Å². The number of nitrogens with zero attached hydrogens (tertiary/aromatic N) is 3. The van der Waals surface area contributed by atoms with Crippen LogP contribution in [-0.2, 0) is 20.9 Å². The highest BCUT2D eigenvalue weighted by Gasteiger charge is 2.44. The standard InChI is InChI=1S/C26H23ClN4O4S/c1-2-35-25(34)18-5-9-20(10-6-18)29-23(32)14-22-24(33)31(21-11-7-19(27)8-12-21)26(36)30(22)16-17-4-3-13-28-15-17/h3-13,15,22H,2,14,16H2,1H3,(H,29,32). The molecular weight excluding hydrogens is 500 g/mol. The lowest BCUT2D eigenvalue weighted by molar-refractivity contribution is -0.124. The second kappa shape index (κ2) is 11.3. The van der Waals surface area contributed by atoms with Crippen molar-refractivity contribution in [3.63, 3.8) is 0 Å². The molecule has 1 N–H and O–H groups in total. The predicted molar refractivity (Wildman–Crippen MR) is 141 cm³/mol. The number of ether oxygens (including phenoxy) is 1. The zero-order chi connectivity index (χ0) is 25.7. The molecule has 10 heteroatoms. The Kier molecular flexibility index (Phi) is 7.92. The molecule has 4 rings (SSSR count). The SMILES string of the molecule is CCOC(=O)c1ccc(NC(=O)CC2C(=O)N(c3ccc(Cl)cc3)C(=S)N2Cc2cccnc2)cc1. The summed E-state index contributed by atoms with van der Waals surface area (Å²) in [6.45, 7) is 2.32. The minimum absolute atomic E-state index is 0.122. The van der Waals surface area contributed by atoms with Crippen LogP contribution in [0.3, 0.4) is 0 Å². The number of carbonyl (C=O) groups excluding carboxylic acids is 3. The van der Waals surface area contributed by atoms with Crippen LogP contribution in [-0.4, -0.2) is 45.4 Å². The lowest BCUT2D eigenvalue weighted by atomic mass is 10.1. The molecule has 184 valence electrons. The number of amides is 2. The Hall–Kier alpha value is -3.82. The van der Waals surface area contributed by atoms with E-state index in [9.17, 15) is 14.4 Å². The summed E-state index contributed by atoms with van der Waals surface area (Å²) in [5.41, 5.74) is 2.30. The largest absolute Gasteiger partial charge is 0.462 e. The Bertz CT molecular complexity index is 1270. The van der Waals surface area contributed by atoms with E-state index in [0.717, 1.165) is 5.56 Å². The lowest BCUT2D eigenvalue weighted by Gasteiger charge is -2.23. The molecule has 0 aliphatic carbocycles. The molecule has 1 aliphatic rings. The Morgan fingerprint density at radius 2 is 1.83 bits per heavy atom. The third-order valence-electron chi connectivity index (χ3n) is 5.54. The van der Waals surface area contributed by atoms with Gasteiger partial charge in [0.2, 0.25) is 5.91 Å². The average Bonchev–Trinajstić information content (AvgIpc) is 3.09. The average molecular weight is 523 g/mol. The van der Waals surface area contributed by atoms with E-state index in [1.54, 1.807) is 78.8 Å². The Morgan fingerprint density at radius 1 is 1.11 bits per heavy atom. The number of nitrogens with one attached hydrogen (secondary N) is 1. The molecule has 3 aromatic rings. The van der Waals surface area contributed by atoms with Gasteiger partial charge in [0.25, 0.3) is 5.91 Å². The molecule has 1 atom stereocenters. The Balaban J connectivity index is 1.53. The maximum Gasteiger partial charge on any atom is 0.338 e. The molecule has 1 fully saturated rings. The smallest absolute Gasteiger partial charge is 0.338 e. The summed E-state index contributed by atoms with van der Waals surface area (Å²) in [4.78, 5) is 45.6. The van der Waals surface area contributed by atoms with Crippen molar-refractivity contribution in [3.05, 3.63) is 89.2 Å². The van der Waals surface area contributed by atoms with Crippen LogP contribution in [0.25, 0.3) is 0 Å². The fourth-order valence-corrected chi connectivity index (χ4v) is 4.33. The van der Waals surface area contributed by atoms with Gasteiger partial charge in [-0.3, -0.25) is 19.5 Å². The van der Waals surface area contributed by atoms with Crippen LogP contribution in [0.4, 0.5) is 11.4 Å². The summed E-state index contributed by atoms with van der Waals surface area (Å²) < 4.78 is 4.98. The van der Waals surface area contributed by atoms with Crippen molar-refractivity contribution in [1.29, 1.82) is 0 Å². The first-order chi connectivity index (χ1) is 17.4. The van der Waals surface area contributed by atoms with E-state index in [0.29, 0.717) is 33.6 Å². The van der Waals surface area contributed by atoms with Crippen molar-refractivity contribution in [3.8, 4) is 0 Å². The van der Waals surface area contributed by atoms with E-state index in [2.05, 4.69) is 10.3 Å². The van der Waals surface area contributed by atoms with Crippen molar-refractivity contribution in [2.75, 3.05) is 16.8 Å². The van der Waals surface area contributed by atoms with Crippen molar-refractivity contribution in [1.82, 2.24) is 9.88 Å². The van der Waals surface area contributed by atoms with E-state index in [-0.39, 0.29) is 24.8 Å². The molecule has 1 aromatic heterocycles. The van der Waals surface area contributed by atoms with Crippen LogP contribution in [0, 0.1) is 0 Å². The van der Waals surface area contributed by atoms with Gasteiger partial charge >= 0.3 is 5.97 Å². The number of aromatic nitrogens is 1. The number of hydrogen-bond donors (Lipinski definition) is 1. The highest BCUT2D eigenvalue weighted by Crippen LogP contribution is 2.29. The minimum Gasteiger partial charge on any atom is -0.462 e. The van der Waals surface area contributed by atoms with E-state index in [1.165, 1.54) is 4.90 Å². The highest BCUT2D eigenvalue weighted by atomic mass is 35.5. The quantitative estimate of drug-likeness (QED) is 0.345. The summed E-state index contributed by atoms with van der Waals surface area (Å²) in [7, 11) is 0. The van der Waals surface area contributed by atoms with Crippen molar-refractivity contribution < 1.29 is 19.1 Å². The van der Waals surface area contributed by atoms with Crippen LogP contribution in [0.15, 0.2) is 73.1 Å². The number of benzene rings is 2. The molecule has 0 saturated carbocycles. The van der Waals surface area contributed by atoms with Gasteiger partial charge in [-0.1, -0.05) is 17.7 Å². The van der Waals surface area contributed by atoms with Crippen LogP contribution in [0.1, 0.15) is 29.3 Å². The first-order valence-corrected chi connectivity index (χ1v) is 12.0. The third kappa shape index (κ3) is 5.69. The van der Waals surface area contributed by atoms with E-state index in [4.69, 9.17) is 28.6 Å². The third-order valence-corrected chi connectivity index (χ3v) is 6.21. The van der Waals surface area contributed by atoms with Gasteiger partial charge in [0.05, 0.1) is 24.3 Å². The van der Waals surface area contributed by atoms with Gasteiger partial charge in [-0.15, -0.1) is 0 Å². The normalized spacial score (nSPS) is 15.2. The number of pyridine rings is 1. The molecule has 0 radical (unpaired) electrons. The minimum atomic E-state index is -0.813. The number of hydrogen-bond acceptors (Lipinski definition) is 6. The maximum atomic E-state index is 13.5. The second-order valence-corrected chi connectivity index (χ2v) is 8.79. The summed E-state index contributed by atoms with van der Waals surface area (Å²) in [5, 5.41) is 3.62. The molecule has 1 aliphatic heterocycles. The van der Waals surface area contributed by atoms with Gasteiger partial charge in [0, 0.05) is 29.6 Å². The van der Waals surface area contributed by atoms with Gasteiger partial charge in [-0.25, -0.2) is 4.79 Å². The van der Waals surface area contributed by atoms with Gasteiger partial charge in [-0.2, -0.15) is 0 Å². The van der Waals surface area contributed by atoms with Crippen LogP contribution < -0.4 is 10.2 Å². The molecule has 36 heavy (non-hydrogen) atoms. The number of thiocarbonyl (C=S) groups is 1. The fraction of sp³-hybridized carbons (Fsp3) is 0.192. The number of anilines is 2. The summed E-state index contributed by atoms with van der Waals surface area (Å²) >= 11 is 11.7. The number of rotatable bonds is 8. The summed E-state index contributed by atoms with van der Waals surface area (Å²) in [6, 6.07) is 16.0. The fourth-order valence-electron chi connectivity index (χ4n) is 3.82. The summed E-state index contributed by atoms with van der Waals surface area (Å²) in [6.07, 6.45) is 3.23. The Labute approximate surface area is 218 Å². The monoisotopic (exact) mass is 522 g/mol. The molecule has 1 saturated heterocycles. The zero-order valence-electron chi connectivity index (χ0n) is 19.4. The van der Waals surface area contributed by atoms with E-state index in [1.807, 2.05) is 6.07 Å². The maximum absolute atomic E-state index is 13.5. The van der Waals surface area contributed by atoms with Crippen molar-refractivity contribution in [2.24, 2.45) is 0 Å². The van der Waals surface area contributed by atoms with Crippen LogP contribution in [0.2, 0.25) is 5.02 Å². The van der Waals surface area contributed by atoms with Crippen molar-refractivity contribution >= 4 is 58.1 Å². The molecule has 8 nitrogen and oxygen atoms in total. The molecule has 2 amide bonds. The van der Waals surface area contributed by atoms with E-state index < -0.39 is 12.0 Å². The van der Waals surface area contributed by atoms with E-state index >= 15 is 0 Å². The van der Waals surface area contributed by atoms with Crippen molar-refractivity contribution in [2.45, 2.75) is 25.9 Å². The molecular formula is C26H23ClN4O4S. The molecule has 1 unspecified atom stereocenters. The lowest BCUT2D eigenvalue weighted by Crippen LogP contribution is -2.37. The molecule has 2 aromatic carbocycles. The van der Waals surface area contributed by atoms with Crippen LogP contribution >= 0.6 is 23.8 Å². The molecule has 0 spiro atoms.